The van der Waals surface area contributed by atoms with E-state index in [-0.39, 0.29) is 0 Å². The van der Waals surface area contributed by atoms with Crippen LogP contribution in [0, 0.1) is 0 Å². The SMILES string of the molecule is NOCCOc1ccc(Cl)cc1Cl. The number of halogens is 2. The molecule has 2 N–H and O–H groups in total. The average molecular weight is 222 g/mol. The fraction of sp³-hybridized carbons (Fsp3) is 0.250. The molecule has 0 spiro atoms. The van der Waals surface area contributed by atoms with Gasteiger partial charge in [-0.3, -0.25) is 0 Å². The molecule has 0 radical (unpaired) electrons. The predicted molar refractivity (Wildman–Crippen MR) is 52.1 cm³/mol. The minimum atomic E-state index is 0.318. The maximum absolute atomic E-state index is 5.83. The van der Waals surface area contributed by atoms with E-state index in [0.717, 1.165) is 0 Å². The maximum Gasteiger partial charge on any atom is 0.138 e. The molecule has 1 rings (SSSR count). The highest BCUT2D eigenvalue weighted by Gasteiger charge is 2.01. The van der Waals surface area contributed by atoms with Crippen LogP contribution in [0.15, 0.2) is 18.2 Å². The van der Waals surface area contributed by atoms with Gasteiger partial charge in [0.1, 0.15) is 19.0 Å². The van der Waals surface area contributed by atoms with Crippen molar-refractivity contribution in [3.05, 3.63) is 28.2 Å². The van der Waals surface area contributed by atoms with Crippen LogP contribution in [0.25, 0.3) is 0 Å². The van der Waals surface area contributed by atoms with Crippen molar-refractivity contribution >= 4 is 23.2 Å². The van der Waals surface area contributed by atoms with E-state index in [9.17, 15) is 0 Å². The van der Waals surface area contributed by atoms with Crippen LogP contribution in [-0.2, 0) is 4.84 Å². The lowest BCUT2D eigenvalue weighted by Gasteiger charge is -2.06. The Morgan fingerprint density at radius 3 is 2.62 bits per heavy atom. The Labute approximate surface area is 86.3 Å². The van der Waals surface area contributed by atoms with Crippen molar-refractivity contribution in [2.45, 2.75) is 0 Å². The van der Waals surface area contributed by atoms with Crippen LogP contribution in [0.4, 0.5) is 0 Å². The highest BCUT2D eigenvalue weighted by atomic mass is 35.5. The molecule has 0 saturated carbocycles. The summed E-state index contributed by atoms with van der Waals surface area (Å²) in [6.07, 6.45) is 0. The highest BCUT2D eigenvalue weighted by molar-refractivity contribution is 6.35. The number of hydrogen-bond acceptors (Lipinski definition) is 3. The van der Waals surface area contributed by atoms with Crippen molar-refractivity contribution in [2.24, 2.45) is 5.90 Å². The summed E-state index contributed by atoms with van der Waals surface area (Å²) < 4.78 is 5.24. The number of benzene rings is 1. The average Bonchev–Trinajstić information content (AvgIpc) is 2.09. The standard InChI is InChI=1S/C8H9Cl2NO2/c9-6-1-2-8(7(10)5-6)12-3-4-13-11/h1-2,5H,3-4,11H2. The number of rotatable bonds is 4. The molecule has 0 aliphatic rings. The molecule has 72 valence electrons. The zero-order chi connectivity index (χ0) is 9.68. The van der Waals surface area contributed by atoms with Gasteiger partial charge >= 0.3 is 0 Å². The number of ether oxygens (including phenoxy) is 1. The predicted octanol–water partition coefficient (Wildman–Crippen LogP) is 2.26. The van der Waals surface area contributed by atoms with Crippen molar-refractivity contribution in [3.63, 3.8) is 0 Å². The summed E-state index contributed by atoms with van der Waals surface area (Å²) in [6.45, 7) is 0.677. The third-order valence-corrected chi connectivity index (χ3v) is 1.88. The van der Waals surface area contributed by atoms with E-state index in [1.165, 1.54) is 0 Å². The van der Waals surface area contributed by atoms with Gasteiger partial charge in [-0.25, -0.2) is 5.90 Å². The first-order valence-electron chi connectivity index (χ1n) is 3.63. The van der Waals surface area contributed by atoms with Gasteiger partial charge in [0.05, 0.1) is 5.02 Å². The molecule has 0 aliphatic carbocycles. The summed E-state index contributed by atoms with van der Waals surface area (Å²) in [4.78, 5) is 4.33. The van der Waals surface area contributed by atoms with Gasteiger partial charge in [-0.15, -0.1) is 0 Å². The Morgan fingerprint density at radius 1 is 1.23 bits per heavy atom. The lowest BCUT2D eigenvalue weighted by molar-refractivity contribution is 0.102. The summed E-state index contributed by atoms with van der Waals surface area (Å²) in [5.74, 6) is 5.39. The van der Waals surface area contributed by atoms with E-state index in [4.69, 9.17) is 33.8 Å². The van der Waals surface area contributed by atoms with E-state index < -0.39 is 0 Å². The van der Waals surface area contributed by atoms with Crippen LogP contribution in [0.2, 0.25) is 10.0 Å². The summed E-state index contributed by atoms with van der Waals surface area (Å²) in [6, 6.07) is 5.01. The van der Waals surface area contributed by atoms with Crippen molar-refractivity contribution in [3.8, 4) is 5.75 Å². The number of hydrogen-bond donors (Lipinski definition) is 1. The van der Waals surface area contributed by atoms with Crippen LogP contribution in [-0.4, -0.2) is 13.2 Å². The third-order valence-electron chi connectivity index (χ3n) is 1.35. The Morgan fingerprint density at radius 2 is 2.00 bits per heavy atom. The molecule has 1 aromatic rings. The van der Waals surface area contributed by atoms with E-state index in [1.807, 2.05) is 0 Å². The van der Waals surface area contributed by atoms with Gasteiger partial charge in [-0.2, -0.15) is 0 Å². The summed E-state index contributed by atoms with van der Waals surface area (Å²) in [7, 11) is 0. The van der Waals surface area contributed by atoms with Gasteiger partial charge in [0.15, 0.2) is 0 Å². The molecule has 0 saturated heterocycles. The van der Waals surface area contributed by atoms with Gasteiger partial charge in [0, 0.05) is 5.02 Å². The van der Waals surface area contributed by atoms with Gasteiger partial charge in [-0.1, -0.05) is 23.2 Å². The molecule has 3 nitrogen and oxygen atoms in total. The summed E-state index contributed by atoms with van der Waals surface area (Å²) in [5.41, 5.74) is 0. The molecule has 1 aromatic carbocycles. The van der Waals surface area contributed by atoms with Crippen LogP contribution in [0.5, 0.6) is 5.75 Å². The second-order valence-corrected chi connectivity index (χ2v) is 3.14. The molecule has 0 bridgehead atoms. The second kappa shape index (κ2) is 5.29. The smallest absolute Gasteiger partial charge is 0.138 e. The minimum Gasteiger partial charge on any atom is -0.490 e. The summed E-state index contributed by atoms with van der Waals surface area (Å²) >= 11 is 11.5. The van der Waals surface area contributed by atoms with E-state index >= 15 is 0 Å². The zero-order valence-corrected chi connectivity index (χ0v) is 8.31. The third kappa shape index (κ3) is 3.40. The molecule has 0 amide bonds. The first-order valence-corrected chi connectivity index (χ1v) is 4.39. The second-order valence-electron chi connectivity index (χ2n) is 2.29. The van der Waals surface area contributed by atoms with Gasteiger partial charge in [0.2, 0.25) is 0 Å². The number of nitrogens with two attached hydrogens (primary N) is 1. The lowest BCUT2D eigenvalue weighted by atomic mass is 10.3. The lowest BCUT2D eigenvalue weighted by Crippen LogP contribution is -2.10. The van der Waals surface area contributed by atoms with Crippen LogP contribution in [0.3, 0.4) is 0 Å². The fourth-order valence-corrected chi connectivity index (χ4v) is 1.26. The largest absolute Gasteiger partial charge is 0.490 e. The monoisotopic (exact) mass is 221 g/mol. The first-order chi connectivity index (χ1) is 6.24. The quantitative estimate of drug-likeness (QED) is 0.627. The van der Waals surface area contributed by atoms with Gasteiger partial charge in [-0.05, 0) is 18.2 Å². The normalized spacial score (nSPS) is 10.1. The Bertz CT molecular complexity index is 281. The van der Waals surface area contributed by atoms with E-state index in [2.05, 4.69) is 4.84 Å². The van der Waals surface area contributed by atoms with E-state index in [0.29, 0.717) is 29.0 Å². The Kier molecular flexibility index (Phi) is 4.32. The molecule has 0 atom stereocenters. The molecule has 13 heavy (non-hydrogen) atoms. The Balaban J connectivity index is 2.56. The highest BCUT2D eigenvalue weighted by Crippen LogP contribution is 2.27. The van der Waals surface area contributed by atoms with Crippen LogP contribution in [0.1, 0.15) is 0 Å². The topological polar surface area (TPSA) is 44.5 Å². The molecular weight excluding hydrogens is 213 g/mol. The van der Waals surface area contributed by atoms with Crippen molar-refractivity contribution in [1.29, 1.82) is 0 Å². The molecule has 0 fully saturated rings. The Hall–Kier alpha value is -0.480. The first kappa shape index (κ1) is 10.6. The molecule has 5 heteroatoms. The molecular formula is C8H9Cl2NO2. The minimum absolute atomic E-state index is 0.318. The maximum atomic E-state index is 5.83. The van der Waals surface area contributed by atoms with Gasteiger partial charge < -0.3 is 9.57 Å². The molecule has 0 aliphatic heterocycles. The molecule has 0 heterocycles. The molecule has 0 aromatic heterocycles. The molecule has 0 unspecified atom stereocenters. The van der Waals surface area contributed by atoms with Crippen molar-refractivity contribution < 1.29 is 9.57 Å². The van der Waals surface area contributed by atoms with Gasteiger partial charge in [0.25, 0.3) is 0 Å². The van der Waals surface area contributed by atoms with Crippen molar-refractivity contribution in [2.75, 3.05) is 13.2 Å². The van der Waals surface area contributed by atoms with Crippen LogP contribution >= 0.6 is 23.2 Å². The summed E-state index contributed by atoms with van der Waals surface area (Å²) in [5, 5.41) is 1.05. The van der Waals surface area contributed by atoms with Crippen LogP contribution < -0.4 is 10.6 Å². The van der Waals surface area contributed by atoms with Crippen molar-refractivity contribution in [1.82, 2.24) is 0 Å². The fourth-order valence-electron chi connectivity index (χ4n) is 0.792. The van der Waals surface area contributed by atoms with E-state index in [1.54, 1.807) is 18.2 Å². The zero-order valence-electron chi connectivity index (χ0n) is 6.80.